The largest absolute Gasteiger partial charge is 0.467 e. The second-order valence-electron chi connectivity index (χ2n) is 7.47. The lowest BCUT2D eigenvalue weighted by atomic mass is 10.1. The molecule has 0 saturated carbocycles. The first-order valence-corrected chi connectivity index (χ1v) is 10.3. The van der Waals surface area contributed by atoms with Gasteiger partial charge in [-0.3, -0.25) is 4.79 Å². The maximum atomic E-state index is 12.7. The van der Waals surface area contributed by atoms with Crippen molar-refractivity contribution in [1.82, 2.24) is 15.2 Å². The molecule has 0 aliphatic carbocycles. The van der Waals surface area contributed by atoms with Gasteiger partial charge in [-0.2, -0.15) is 0 Å². The summed E-state index contributed by atoms with van der Waals surface area (Å²) in [5.74, 6) is 0.809. The van der Waals surface area contributed by atoms with Crippen LogP contribution in [0.1, 0.15) is 29.7 Å². The summed E-state index contributed by atoms with van der Waals surface area (Å²) in [6.07, 6.45) is 3.83. The summed E-state index contributed by atoms with van der Waals surface area (Å²) in [5.41, 5.74) is 2.56. The second kappa shape index (κ2) is 8.80. The van der Waals surface area contributed by atoms with Crippen molar-refractivity contribution in [3.05, 3.63) is 69.9 Å². The third-order valence-corrected chi connectivity index (χ3v) is 5.57. The van der Waals surface area contributed by atoms with Crippen LogP contribution in [0.2, 0.25) is 0 Å². The molecule has 4 rings (SSSR count). The Labute approximate surface area is 174 Å². The average Bonchev–Trinajstić information content (AvgIpc) is 3.40. The first-order chi connectivity index (χ1) is 14.1. The van der Waals surface area contributed by atoms with Crippen molar-refractivity contribution in [2.24, 2.45) is 0 Å². The predicted molar refractivity (Wildman–Crippen MR) is 117 cm³/mol. The lowest BCUT2D eigenvalue weighted by Gasteiger charge is -2.28. The molecule has 1 aliphatic rings. The van der Waals surface area contributed by atoms with Gasteiger partial charge >= 0.3 is 0 Å². The van der Waals surface area contributed by atoms with Crippen LogP contribution in [0.4, 0.5) is 0 Å². The highest BCUT2D eigenvalue weighted by Gasteiger charge is 2.22. The number of pyridine rings is 1. The number of fused-ring (bicyclic) bond motifs is 1. The maximum Gasteiger partial charge on any atom is 0.253 e. The van der Waals surface area contributed by atoms with Crippen LogP contribution < -0.4 is 10.9 Å². The number of furan rings is 1. The van der Waals surface area contributed by atoms with Crippen molar-refractivity contribution in [1.29, 1.82) is 0 Å². The number of H-pyrrole nitrogens is 1. The zero-order valence-corrected chi connectivity index (χ0v) is 17.3. The summed E-state index contributed by atoms with van der Waals surface area (Å²) >= 11 is 5.64. The molecule has 0 spiro atoms. The Morgan fingerprint density at radius 1 is 1.34 bits per heavy atom. The Morgan fingerprint density at radius 2 is 2.24 bits per heavy atom. The third-order valence-electron chi connectivity index (χ3n) is 5.17. The molecule has 1 aliphatic heterocycles. The van der Waals surface area contributed by atoms with E-state index in [4.69, 9.17) is 21.4 Å². The third kappa shape index (κ3) is 4.86. The molecule has 0 amide bonds. The molecule has 2 aromatic heterocycles. The number of hydrogen-bond donors (Lipinski definition) is 2. The molecule has 7 heteroatoms. The molecule has 1 fully saturated rings. The molecule has 2 N–H and O–H groups in total. The topological polar surface area (TPSA) is 70.5 Å². The molecule has 152 valence electrons. The van der Waals surface area contributed by atoms with Crippen molar-refractivity contribution in [3.8, 4) is 0 Å². The quantitative estimate of drug-likeness (QED) is 0.605. The molecular formula is C22H25N3O3S. The van der Waals surface area contributed by atoms with E-state index in [2.05, 4.69) is 10.3 Å². The lowest BCUT2D eigenvalue weighted by molar-refractivity contribution is 0.0896. The van der Waals surface area contributed by atoms with E-state index in [0.29, 0.717) is 30.3 Å². The molecule has 3 heterocycles. The normalized spacial score (nSPS) is 16.2. The zero-order valence-electron chi connectivity index (χ0n) is 16.4. The van der Waals surface area contributed by atoms with E-state index in [1.807, 2.05) is 48.2 Å². The molecule has 0 bridgehead atoms. The predicted octanol–water partition coefficient (Wildman–Crippen LogP) is 3.49. The minimum absolute atomic E-state index is 0.0886. The van der Waals surface area contributed by atoms with Gasteiger partial charge in [0.15, 0.2) is 5.11 Å². The SMILES string of the molecule is Cc1ccc2cc(CN(C[C@@H]3CCCO3)C(=S)NCc3ccco3)c(=O)[nH]c2c1. The number of rotatable bonds is 6. The summed E-state index contributed by atoms with van der Waals surface area (Å²) in [4.78, 5) is 17.7. The average molecular weight is 412 g/mol. The molecule has 1 atom stereocenters. The fourth-order valence-electron chi connectivity index (χ4n) is 3.62. The van der Waals surface area contributed by atoms with Crippen molar-refractivity contribution < 1.29 is 9.15 Å². The van der Waals surface area contributed by atoms with Crippen LogP contribution in [0.15, 0.2) is 51.9 Å². The van der Waals surface area contributed by atoms with Gasteiger partial charge in [-0.15, -0.1) is 0 Å². The van der Waals surface area contributed by atoms with Crippen LogP contribution in [0, 0.1) is 6.92 Å². The highest BCUT2D eigenvalue weighted by Crippen LogP contribution is 2.17. The Balaban J connectivity index is 1.54. The van der Waals surface area contributed by atoms with Crippen LogP contribution in [0.5, 0.6) is 0 Å². The molecular weight excluding hydrogens is 386 g/mol. The number of aromatic amines is 1. The van der Waals surface area contributed by atoms with E-state index >= 15 is 0 Å². The van der Waals surface area contributed by atoms with Gasteiger partial charge in [0, 0.05) is 24.2 Å². The summed E-state index contributed by atoms with van der Waals surface area (Å²) in [6.45, 7) is 4.36. The minimum atomic E-state index is -0.0886. The highest BCUT2D eigenvalue weighted by molar-refractivity contribution is 7.80. The van der Waals surface area contributed by atoms with Crippen molar-refractivity contribution in [2.75, 3.05) is 13.2 Å². The van der Waals surface area contributed by atoms with E-state index in [9.17, 15) is 4.79 Å². The molecule has 1 aromatic carbocycles. The minimum Gasteiger partial charge on any atom is -0.467 e. The Morgan fingerprint density at radius 3 is 3.00 bits per heavy atom. The van der Waals surface area contributed by atoms with Crippen molar-refractivity contribution in [2.45, 2.75) is 39.0 Å². The summed E-state index contributed by atoms with van der Waals surface area (Å²) in [6, 6.07) is 11.8. The fourth-order valence-corrected chi connectivity index (χ4v) is 3.84. The van der Waals surface area contributed by atoms with Gasteiger partial charge in [0.05, 0.1) is 25.5 Å². The molecule has 0 unspecified atom stereocenters. The van der Waals surface area contributed by atoms with Crippen LogP contribution in [0.25, 0.3) is 10.9 Å². The molecule has 3 aromatic rings. The summed E-state index contributed by atoms with van der Waals surface area (Å²) in [5, 5.41) is 4.83. The van der Waals surface area contributed by atoms with E-state index in [1.54, 1.807) is 6.26 Å². The van der Waals surface area contributed by atoms with E-state index in [0.717, 1.165) is 41.7 Å². The number of nitrogens with zero attached hydrogens (tertiary/aromatic N) is 1. The number of aryl methyl sites for hydroxylation is 1. The van der Waals surface area contributed by atoms with E-state index < -0.39 is 0 Å². The van der Waals surface area contributed by atoms with Gasteiger partial charge in [-0.05, 0) is 67.2 Å². The van der Waals surface area contributed by atoms with Gasteiger partial charge < -0.3 is 24.4 Å². The van der Waals surface area contributed by atoms with Gasteiger partial charge in [0.25, 0.3) is 5.56 Å². The number of aromatic nitrogens is 1. The smallest absolute Gasteiger partial charge is 0.253 e. The summed E-state index contributed by atoms with van der Waals surface area (Å²) < 4.78 is 11.2. The lowest BCUT2D eigenvalue weighted by Crippen LogP contribution is -2.43. The number of thiocarbonyl (C=S) groups is 1. The zero-order chi connectivity index (χ0) is 20.2. The molecule has 29 heavy (non-hydrogen) atoms. The number of nitrogens with one attached hydrogen (secondary N) is 2. The van der Waals surface area contributed by atoms with Crippen molar-refractivity contribution in [3.63, 3.8) is 0 Å². The van der Waals surface area contributed by atoms with Gasteiger partial charge in [-0.25, -0.2) is 0 Å². The molecule has 0 radical (unpaired) electrons. The van der Waals surface area contributed by atoms with Crippen LogP contribution in [-0.4, -0.2) is 34.3 Å². The number of benzene rings is 1. The second-order valence-corrected chi connectivity index (χ2v) is 7.85. The van der Waals surface area contributed by atoms with E-state index in [1.165, 1.54) is 0 Å². The monoisotopic (exact) mass is 411 g/mol. The standard InChI is InChI=1S/C22H25N3O3S/c1-15-6-7-16-11-17(21(26)24-20(16)10-15)13-25(14-19-5-3-9-28-19)22(29)23-12-18-4-2-8-27-18/h2,4,6-8,10-11,19H,3,5,9,12-14H2,1H3,(H,23,29)(H,24,26)/t19-/m0/s1. The Hall–Kier alpha value is -2.64. The van der Waals surface area contributed by atoms with Crippen molar-refractivity contribution >= 4 is 28.2 Å². The van der Waals surface area contributed by atoms with E-state index in [-0.39, 0.29) is 11.7 Å². The van der Waals surface area contributed by atoms with Gasteiger partial charge in [-0.1, -0.05) is 12.1 Å². The number of hydrogen-bond acceptors (Lipinski definition) is 4. The molecule has 1 saturated heterocycles. The van der Waals surface area contributed by atoms with Gasteiger partial charge in [0.1, 0.15) is 5.76 Å². The highest BCUT2D eigenvalue weighted by atomic mass is 32.1. The summed E-state index contributed by atoms with van der Waals surface area (Å²) in [7, 11) is 0. The molecule has 6 nitrogen and oxygen atoms in total. The first kappa shape index (κ1) is 19.7. The Kier molecular flexibility index (Phi) is 5.97. The van der Waals surface area contributed by atoms with Crippen LogP contribution in [-0.2, 0) is 17.8 Å². The van der Waals surface area contributed by atoms with Gasteiger partial charge in [0.2, 0.25) is 0 Å². The first-order valence-electron chi connectivity index (χ1n) is 9.88. The van der Waals surface area contributed by atoms with Crippen LogP contribution >= 0.6 is 12.2 Å². The number of ether oxygens (including phenoxy) is 1. The Bertz CT molecular complexity index is 1040. The maximum absolute atomic E-state index is 12.7. The van der Waals surface area contributed by atoms with Crippen LogP contribution in [0.3, 0.4) is 0 Å². The fraction of sp³-hybridized carbons (Fsp3) is 0.364.